The van der Waals surface area contributed by atoms with Crippen LogP contribution in [0.5, 0.6) is 46.0 Å². The fourth-order valence-corrected chi connectivity index (χ4v) is 9.76. The highest BCUT2D eigenvalue weighted by atomic mass is 16.5. The van der Waals surface area contributed by atoms with Crippen LogP contribution in [0.25, 0.3) is 43.1 Å². The van der Waals surface area contributed by atoms with Gasteiger partial charge in [-0.15, -0.1) is 0 Å². The van der Waals surface area contributed by atoms with E-state index in [1.165, 1.54) is 24.3 Å². The van der Waals surface area contributed by atoms with Crippen LogP contribution >= 0.6 is 0 Å². The number of carbonyl (C=O) groups is 4. The Kier molecular flexibility index (Phi) is 12.8. The zero-order chi connectivity index (χ0) is 55.1. The quantitative estimate of drug-likeness (QED) is 0.0671. The highest BCUT2D eigenvalue weighted by Gasteiger charge is 2.35. The number of carboxylic acid groups (broad SMARTS) is 4. The normalized spacial score (nSPS) is 12.4. The smallest absolute Gasteiger partial charge is 0.336 e. The van der Waals surface area contributed by atoms with Gasteiger partial charge in [-0.3, -0.25) is 0 Å². The number of ether oxygens (including phenoxy) is 4. The second-order valence-corrected chi connectivity index (χ2v) is 23.4. The van der Waals surface area contributed by atoms with Crippen LogP contribution in [-0.2, 0) is 21.7 Å². The van der Waals surface area contributed by atoms with Crippen molar-refractivity contribution in [3.63, 3.8) is 0 Å². The van der Waals surface area contributed by atoms with E-state index >= 15 is 0 Å². The minimum atomic E-state index is -1.48. The zero-order valence-corrected chi connectivity index (χ0v) is 44.6. The monoisotopic (exact) mass is 1020 g/mol. The summed E-state index contributed by atoms with van der Waals surface area (Å²) in [4.78, 5) is 55.2. The maximum absolute atomic E-state index is 13.8. The number of rotatable bonds is 12. The first-order valence-electron chi connectivity index (χ1n) is 24.9. The molecule has 9 aromatic carbocycles. The van der Waals surface area contributed by atoms with Crippen LogP contribution < -0.4 is 18.9 Å². The van der Waals surface area contributed by atoms with E-state index in [1.807, 2.05) is 48.5 Å². The first-order valence-corrected chi connectivity index (χ1v) is 24.9. The number of carboxylic acids is 4. The summed E-state index contributed by atoms with van der Waals surface area (Å²) in [5.41, 5.74) is 1.17. The summed E-state index contributed by atoms with van der Waals surface area (Å²) >= 11 is 0. The van der Waals surface area contributed by atoms with Gasteiger partial charge in [0.05, 0.1) is 22.3 Å². The second kappa shape index (κ2) is 18.6. The maximum Gasteiger partial charge on any atom is 0.336 e. The molecule has 9 rings (SSSR count). The van der Waals surface area contributed by atoms with E-state index in [4.69, 9.17) is 18.9 Å². The van der Waals surface area contributed by atoms with Crippen molar-refractivity contribution in [2.75, 3.05) is 0 Å². The topological polar surface area (TPSA) is 186 Å². The van der Waals surface area contributed by atoms with Crippen LogP contribution in [0.4, 0.5) is 0 Å². The van der Waals surface area contributed by atoms with Gasteiger partial charge in [0.15, 0.2) is 0 Å². The largest absolute Gasteiger partial charge is 0.478 e. The van der Waals surface area contributed by atoms with Gasteiger partial charge in [0.25, 0.3) is 0 Å². The highest BCUT2D eigenvalue weighted by molar-refractivity contribution is 6.42. The Balaban J connectivity index is 1.55. The van der Waals surface area contributed by atoms with Crippen molar-refractivity contribution in [2.45, 2.75) is 105 Å². The molecular formula is C64H60O12. The third-order valence-electron chi connectivity index (χ3n) is 13.9. The first-order chi connectivity index (χ1) is 35.5. The molecule has 12 nitrogen and oxygen atoms in total. The van der Waals surface area contributed by atoms with E-state index in [1.54, 1.807) is 48.5 Å². The second-order valence-electron chi connectivity index (χ2n) is 23.4. The SMILES string of the molecule is CC(C)(C)c1ccc(Oc2cc(C(=O)O)c3c(C(=O)O)cc(Oc4ccc(C(C)(C)C)cc4)c4c5c(Oc6ccc(C(C)(C)C)cc6)cc(C(=O)O)c6c(C(=O)O)cc(Oc7ccc(C(C)(C)C)cc7)c(c2c34)c65)cc1. The third-order valence-corrected chi connectivity index (χ3v) is 13.9. The molecule has 0 saturated heterocycles. The molecule has 0 bridgehead atoms. The van der Waals surface area contributed by atoms with Crippen molar-refractivity contribution >= 4 is 67.0 Å². The van der Waals surface area contributed by atoms with Crippen molar-refractivity contribution in [3.8, 4) is 46.0 Å². The van der Waals surface area contributed by atoms with Gasteiger partial charge in [0, 0.05) is 43.1 Å². The lowest BCUT2D eigenvalue weighted by Crippen LogP contribution is -2.11. The molecule has 388 valence electrons. The molecule has 0 aliphatic carbocycles. The lowest BCUT2D eigenvalue weighted by atomic mass is 9.82. The zero-order valence-electron chi connectivity index (χ0n) is 44.6. The lowest BCUT2D eigenvalue weighted by molar-refractivity contribution is 0.0680. The predicted molar refractivity (Wildman–Crippen MR) is 296 cm³/mol. The Bertz CT molecular complexity index is 3310. The first kappa shape index (κ1) is 52.2. The number of hydrogen-bond donors (Lipinski definition) is 4. The molecule has 0 aliphatic rings. The fourth-order valence-electron chi connectivity index (χ4n) is 9.76. The molecule has 0 radical (unpaired) electrons. The Morgan fingerprint density at radius 1 is 0.276 bits per heavy atom. The summed E-state index contributed by atoms with van der Waals surface area (Å²) in [5, 5.41) is 44.7. The van der Waals surface area contributed by atoms with Crippen LogP contribution in [0.3, 0.4) is 0 Å². The Labute approximate surface area is 440 Å². The molecule has 0 aliphatic heterocycles. The predicted octanol–water partition coefficient (Wildman–Crippen LogP) is 16.9. The van der Waals surface area contributed by atoms with E-state index in [0.29, 0.717) is 0 Å². The molecule has 0 heterocycles. The van der Waals surface area contributed by atoms with Gasteiger partial charge in [0.1, 0.15) is 46.0 Å². The molecule has 0 unspecified atom stereocenters. The number of aromatic carboxylic acids is 4. The van der Waals surface area contributed by atoms with Gasteiger partial charge in [-0.05, 0) is 117 Å². The Morgan fingerprint density at radius 2 is 0.447 bits per heavy atom. The summed E-state index contributed by atoms with van der Waals surface area (Å²) in [6.07, 6.45) is 0. The van der Waals surface area contributed by atoms with Crippen molar-refractivity contribution in [1.29, 1.82) is 0 Å². The van der Waals surface area contributed by atoms with E-state index in [9.17, 15) is 39.6 Å². The number of benzene rings is 9. The van der Waals surface area contributed by atoms with Gasteiger partial charge >= 0.3 is 23.9 Å². The van der Waals surface area contributed by atoms with E-state index in [-0.39, 0.29) is 111 Å². The maximum atomic E-state index is 13.8. The highest BCUT2D eigenvalue weighted by Crippen LogP contribution is 2.57. The van der Waals surface area contributed by atoms with Gasteiger partial charge in [0.2, 0.25) is 0 Å². The molecule has 0 aromatic heterocycles. The van der Waals surface area contributed by atoms with Gasteiger partial charge in [-0.2, -0.15) is 0 Å². The molecular weight excluding hydrogens is 961 g/mol. The van der Waals surface area contributed by atoms with Crippen LogP contribution in [0.1, 0.15) is 147 Å². The summed E-state index contributed by atoms with van der Waals surface area (Å²) < 4.78 is 27.3. The lowest BCUT2D eigenvalue weighted by Gasteiger charge is -2.26. The van der Waals surface area contributed by atoms with Gasteiger partial charge < -0.3 is 39.4 Å². The molecule has 4 N–H and O–H groups in total. The van der Waals surface area contributed by atoms with Gasteiger partial charge in [-0.1, -0.05) is 132 Å². The van der Waals surface area contributed by atoms with Crippen molar-refractivity contribution in [2.24, 2.45) is 0 Å². The molecule has 0 fully saturated rings. The average molecular weight is 1020 g/mol. The van der Waals surface area contributed by atoms with Crippen molar-refractivity contribution in [1.82, 2.24) is 0 Å². The van der Waals surface area contributed by atoms with Crippen LogP contribution in [0, 0.1) is 0 Å². The van der Waals surface area contributed by atoms with Gasteiger partial charge in [-0.25, -0.2) is 19.2 Å². The van der Waals surface area contributed by atoms with Crippen LogP contribution in [0.2, 0.25) is 0 Å². The molecule has 0 amide bonds. The van der Waals surface area contributed by atoms with Crippen molar-refractivity contribution < 1.29 is 58.6 Å². The number of hydrogen-bond acceptors (Lipinski definition) is 8. The minimum absolute atomic E-state index is 0.0169. The third kappa shape index (κ3) is 9.67. The summed E-state index contributed by atoms with van der Waals surface area (Å²) in [6, 6.07) is 33.8. The van der Waals surface area contributed by atoms with E-state index in [0.717, 1.165) is 22.3 Å². The number of fused-ring (bicyclic) bond motifs is 2. The van der Waals surface area contributed by atoms with E-state index in [2.05, 4.69) is 83.1 Å². The molecule has 9 aromatic rings. The van der Waals surface area contributed by atoms with Crippen molar-refractivity contribution in [3.05, 3.63) is 166 Å². The average Bonchev–Trinajstić information content (AvgIpc) is 3.53. The molecule has 0 saturated carbocycles. The molecule has 0 spiro atoms. The minimum Gasteiger partial charge on any atom is -0.478 e. The van der Waals surface area contributed by atoms with Crippen LogP contribution in [0.15, 0.2) is 121 Å². The molecule has 76 heavy (non-hydrogen) atoms. The standard InChI is InChI=1S/C64H60O12/c1-61(2,3)33-13-21-37(22-14-33)73-45-29-41(57(65)66)49-42(58(67)68)31-47(75-39-25-17-35(18-26-39)63(7,8)9)53-54-48(76-40-27-19-36(20-28-40)64(10,11)12)32-44(60(71)72)50-43(59(69)70)30-46(52(56(50)54)51(45)55(49)53)74-38-23-15-34(16-24-38)62(4,5)6/h13-32H,1-12H3,(H,65,66)(H,67,68)(H,69,70)(H,71,72). The summed E-state index contributed by atoms with van der Waals surface area (Å²) in [6.45, 7) is 24.7. The molecule has 0 atom stereocenters. The Morgan fingerprint density at radius 3 is 0.592 bits per heavy atom. The summed E-state index contributed by atoms with van der Waals surface area (Å²) in [5.74, 6) is -5.21. The Hall–Kier alpha value is -8.64. The molecule has 12 heteroatoms. The van der Waals surface area contributed by atoms with Crippen LogP contribution in [-0.4, -0.2) is 44.3 Å². The fraction of sp³-hybridized carbons (Fsp3) is 0.250. The summed E-state index contributed by atoms with van der Waals surface area (Å²) in [7, 11) is 0. The van der Waals surface area contributed by atoms with E-state index < -0.39 is 46.1 Å².